The Labute approximate surface area is 406 Å². The lowest BCUT2D eigenvalue weighted by Crippen LogP contribution is -1.99. The van der Waals surface area contributed by atoms with Crippen LogP contribution >= 0.6 is 0 Å². The van der Waals surface area contributed by atoms with Crippen LogP contribution in [0.4, 0.5) is 45.5 Å². The highest BCUT2D eigenvalue weighted by molar-refractivity contribution is 5.83. The van der Waals surface area contributed by atoms with Gasteiger partial charge in [-0.05, 0) is 171 Å². The number of aryl methyl sites for hydroxylation is 4. The van der Waals surface area contributed by atoms with Crippen LogP contribution in [0.5, 0.6) is 23.0 Å². The summed E-state index contributed by atoms with van der Waals surface area (Å²) in [5, 5.41) is 14.4. The summed E-state index contributed by atoms with van der Waals surface area (Å²) >= 11 is 0. The van der Waals surface area contributed by atoms with Crippen molar-refractivity contribution in [1.29, 1.82) is 0 Å². The van der Waals surface area contributed by atoms with Gasteiger partial charge in [0, 0.05) is 47.0 Å². The van der Waals surface area contributed by atoms with Gasteiger partial charge in [-0.15, -0.1) is 0 Å². The number of ether oxygens (including phenoxy) is 2. The smallest absolute Gasteiger partial charge is 0.129 e. The van der Waals surface area contributed by atoms with E-state index in [2.05, 4.69) is 153 Å². The van der Waals surface area contributed by atoms with E-state index in [1.54, 1.807) is 0 Å². The molecular weight excluding hydrogens is 865 g/mol. The predicted molar refractivity (Wildman–Crippen MR) is 287 cm³/mol. The molecule has 0 saturated carbocycles. The van der Waals surface area contributed by atoms with Crippen molar-refractivity contribution in [2.45, 2.75) is 27.7 Å². The van der Waals surface area contributed by atoms with E-state index in [1.807, 2.05) is 122 Å². The molecule has 0 bridgehead atoms. The van der Waals surface area contributed by atoms with Crippen molar-refractivity contribution in [2.24, 2.45) is 0 Å². The molecule has 0 unspecified atom stereocenters. The largest absolute Gasteiger partial charge is 0.457 e. The summed E-state index contributed by atoms with van der Waals surface area (Å²) < 4.78 is 17.0. The van der Waals surface area contributed by atoms with E-state index in [1.165, 1.54) is 22.3 Å². The fraction of sp³-hybridized carbons (Fsp3) is 0.0667. The molecule has 0 aliphatic carbocycles. The second kappa shape index (κ2) is 18.8. The van der Waals surface area contributed by atoms with Gasteiger partial charge >= 0.3 is 0 Å². The van der Waals surface area contributed by atoms with Crippen LogP contribution in [0.3, 0.4) is 0 Å². The first-order valence-corrected chi connectivity index (χ1v) is 23.3. The number of nitrogens with zero attached hydrogens (tertiary/aromatic N) is 4. The van der Waals surface area contributed by atoms with Crippen LogP contribution in [0.1, 0.15) is 22.3 Å². The minimum absolute atomic E-state index is 0.722. The molecule has 11 aromatic rings. The summed E-state index contributed by atoms with van der Waals surface area (Å²) in [5.41, 5.74) is 18.4. The van der Waals surface area contributed by atoms with Crippen LogP contribution in [0, 0.1) is 27.7 Å². The van der Waals surface area contributed by atoms with Crippen molar-refractivity contribution in [1.82, 2.24) is 19.1 Å². The Balaban J connectivity index is 0.732. The number of para-hydroxylation sites is 4. The van der Waals surface area contributed by atoms with E-state index in [0.29, 0.717) is 0 Å². The van der Waals surface area contributed by atoms with E-state index in [9.17, 15) is 0 Å². The van der Waals surface area contributed by atoms with Crippen LogP contribution in [-0.4, -0.2) is 19.1 Å². The first-order chi connectivity index (χ1) is 34.2. The minimum atomic E-state index is 0.722. The minimum Gasteiger partial charge on any atom is -0.457 e. The van der Waals surface area contributed by atoms with Crippen molar-refractivity contribution in [3.05, 3.63) is 229 Å². The third-order valence-corrected chi connectivity index (χ3v) is 12.5. The van der Waals surface area contributed by atoms with E-state index in [4.69, 9.17) is 9.47 Å². The molecule has 0 saturated heterocycles. The number of nitrogens with one attached hydrogen (secondary N) is 4. The third-order valence-electron chi connectivity index (χ3n) is 12.5. The van der Waals surface area contributed by atoms with Gasteiger partial charge in [-0.3, -0.25) is 9.13 Å². The number of benzene rings is 9. The van der Waals surface area contributed by atoms with E-state index < -0.39 is 0 Å². The number of rotatable bonds is 14. The van der Waals surface area contributed by atoms with Crippen LogP contribution in [0.15, 0.2) is 207 Å². The molecule has 9 aromatic carbocycles. The van der Waals surface area contributed by atoms with Crippen LogP contribution in [0.2, 0.25) is 0 Å². The molecule has 0 fully saturated rings. The summed E-state index contributed by atoms with van der Waals surface area (Å²) in [4.78, 5) is 9.30. The average Bonchev–Trinajstić information content (AvgIpc) is 3.97. The summed E-state index contributed by atoms with van der Waals surface area (Å²) in [6.45, 7) is 8.49. The van der Waals surface area contributed by atoms with E-state index in [0.717, 1.165) is 102 Å². The highest BCUT2D eigenvalue weighted by atomic mass is 16.5. The monoisotopic (exact) mass is 914 g/mol. The van der Waals surface area contributed by atoms with Crippen LogP contribution < -0.4 is 30.7 Å². The molecule has 0 atom stereocenters. The van der Waals surface area contributed by atoms with E-state index >= 15 is 0 Å². The molecule has 10 heteroatoms. The molecule has 342 valence electrons. The predicted octanol–water partition coefficient (Wildman–Crippen LogP) is 16.2. The molecule has 4 N–H and O–H groups in total. The zero-order valence-electron chi connectivity index (χ0n) is 39.2. The molecular formula is C60H50N8O2. The Morgan fingerprint density at radius 2 is 0.671 bits per heavy atom. The van der Waals surface area contributed by atoms with Gasteiger partial charge < -0.3 is 30.7 Å². The Morgan fingerprint density at radius 3 is 1.07 bits per heavy atom. The molecule has 0 aliphatic heterocycles. The van der Waals surface area contributed by atoms with Gasteiger partial charge in [-0.1, -0.05) is 48.5 Å². The molecule has 70 heavy (non-hydrogen) atoms. The fourth-order valence-electron chi connectivity index (χ4n) is 8.54. The van der Waals surface area contributed by atoms with Gasteiger partial charge in [0.05, 0.1) is 56.2 Å². The maximum absolute atomic E-state index is 6.41. The lowest BCUT2D eigenvalue weighted by molar-refractivity contribution is 0.482. The summed E-state index contributed by atoms with van der Waals surface area (Å²) in [7, 11) is 0. The zero-order valence-corrected chi connectivity index (χ0v) is 39.2. The lowest BCUT2D eigenvalue weighted by atomic mass is 10.1. The molecule has 0 amide bonds. The van der Waals surface area contributed by atoms with Gasteiger partial charge in [-0.2, -0.15) is 0 Å². The van der Waals surface area contributed by atoms with Crippen LogP contribution in [-0.2, 0) is 0 Å². The molecule has 2 aromatic heterocycles. The van der Waals surface area contributed by atoms with E-state index in [-0.39, 0.29) is 0 Å². The normalized spacial score (nSPS) is 11.1. The highest BCUT2D eigenvalue weighted by Crippen LogP contribution is 2.35. The first kappa shape index (κ1) is 43.3. The molecule has 10 nitrogen and oxygen atoms in total. The average molecular weight is 915 g/mol. The topological polar surface area (TPSA) is 102 Å². The molecule has 11 rings (SSSR count). The van der Waals surface area contributed by atoms with Crippen molar-refractivity contribution in [2.75, 3.05) is 21.3 Å². The SMILES string of the molecule is Cc1cc2ncn(-c3cccc(Oc4cccc(Nc5ccccc5Nc5ccc(Nc6ccccc6Nc6cccc(Oc7cccc(-n8cnc9cc(C)c(C)cc98)c7)c6)cc5)c4)c3)c2cc1C. The number of imidazole rings is 2. The Morgan fingerprint density at radius 1 is 0.329 bits per heavy atom. The third kappa shape index (κ3) is 9.34. The summed E-state index contributed by atoms with van der Waals surface area (Å²) in [5.74, 6) is 2.92. The number of aromatic nitrogens is 4. The molecule has 0 spiro atoms. The lowest BCUT2D eigenvalue weighted by Gasteiger charge is -2.16. The van der Waals surface area contributed by atoms with Crippen molar-refractivity contribution >= 4 is 67.6 Å². The van der Waals surface area contributed by atoms with Gasteiger partial charge in [0.25, 0.3) is 0 Å². The van der Waals surface area contributed by atoms with Crippen molar-refractivity contribution in [3.63, 3.8) is 0 Å². The zero-order chi connectivity index (χ0) is 47.6. The maximum Gasteiger partial charge on any atom is 0.129 e. The van der Waals surface area contributed by atoms with Crippen molar-refractivity contribution < 1.29 is 9.47 Å². The second-order valence-electron chi connectivity index (χ2n) is 17.5. The summed E-state index contributed by atoms with van der Waals surface area (Å²) in [6, 6.07) is 65.4. The van der Waals surface area contributed by atoms with Gasteiger partial charge in [-0.25, -0.2) is 9.97 Å². The fourth-order valence-corrected chi connectivity index (χ4v) is 8.54. The highest BCUT2D eigenvalue weighted by Gasteiger charge is 2.12. The number of fused-ring (bicyclic) bond motifs is 2. The maximum atomic E-state index is 6.41. The quantitative estimate of drug-likeness (QED) is 0.0856. The first-order valence-electron chi connectivity index (χ1n) is 23.3. The van der Waals surface area contributed by atoms with Crippen molar-refractivity contribution in [3.8, 4) is 34.4 Å². The Kier molecular flexibility index (Phi) is 11.6. The molecule has 0 radical (unpaired) electrons. The van der Waals surface area contributed by atoms with Gasteiger partial charge in [0.2, 0.25) is 0 Å². The number of anilines is 8. The van der Waals surface area contributed by atoms with Gasteiger partial charge in [0.15, 0.2) is 0 Å². The number of hydrogen-bond acceptors (Lipinski definition) is 8. The molecule has 0 aliphatic rings. The Hall–Kier alpha value is -9.28. The summed E-state index contributed by atoms with van der Waals surface area (Å²) in [6.07, 6.45) is 3.74. The standard InChI is InChI=1S/C60H50N8O2/c1-39-29-57-59(31-41(39)3)67(37-61-57)47-15-11-19-51(35-47)69-49-17-9-13-45(33-49)65-55-23-7-5-21-53(55)63-43-25-27-44(28-26-43)64-54-22-6-8-24-56(54)66-46-14-10-18-50(34-46)70-52-20-12-16-48(36-52)68-38-62-58-30-40(2)42(4)32-60(58)68/h5-38,63-66H,1-4H3. The van der Waals surface area contributed by atoms with Gasteiger partial charge in [0.1, 0.15) is 35.7 Å². The second-order valence-corrected chi connectivity index (χ2v) is 17.5. The molecule has 2 heterocycles. The number of hydrogen-bond donors (Lipinski definition) is 4. The Bertz CT molecular complexity index is 3450. The van der Waals surface area contributed by atoms with Crippen LogP contribution in [0.25, 0.3) is 33.4 Å².